The van der Waals surface area contributed by atoms with Gasteiger partial charge in [-0.15, -0.1) is 0 Å². The zero-order valence-electron chi connectivity index (χ0n) is 18.8. The van der Waals surface area contributed by atoms with E-state index in [4.69, 9.17) is 9.47 Å². The molecule has 2 saturated carbocycles. The van der Waals surface area contributed by atoms with Crippen molar-refractivity contribution in [3.8, 4) is 0 Å². The molecule has 0 bridgehead atoms. The van der Waals surface area contributed by atoms with Gasteiger partial charge in [0.05, 0.1) is 0 Å². The Hall–Kier alpha value is -0.521. The van der Waals surface area contributed by atoms with E-state index in [9.17, 15) is 9.59 Å². The molecular weight excluding hydrogens is 471 g/mol. The van der Waals surface area contributed by atoms with Gasteiger partial charge in [-0.25, -0.2) is 9.59 Å². The van der Waals surface area contributed by atoms with Crippen molar-refractivity contribution in [3.05, 3.63) is 12.2 Å². The van der Waals surface area contributed by atoms with Gasteiger partial charge in [0.1, 0.15) is 12.2 Å². The summed E-state index contributed by atoms with van der Waals surface area (Å²) >= 11 is 0.149. The van der Waals surface area contributed by atoms with E-state index >= 15 is 0 Å². The molecule has 4 nitrogen and oxygen atoms in total. The van der Waals surface area contributed by atoms with E-state index < -0.39 is 11.9 Å². The smallest absolute Gasteiger partial charge is 0.331 e. The number of rotatable bonds is 10. The third kappa shape index (κ3) is 15.0. The molecular formula is C24H42O4Sn. The van der Waals surface area contributed by atoms with Crippen LogP contribution >= 0.6 is 0 Å². The molecule has 0 unspecified atom stereocenters. The van der Waals surface area contributed by atoms with Gasteiger partial charge in [0.2, 0.25) is 0 Å². The fourth-order valence-corrected chi connectivity index (χ4v) is 7.80. The van der Waals surface area contributed by atoms with E-state index in [1.54, 1.807) is 8.87 Å². The summed E-state index contributed by atoms with van der Waals surface area (Å²) < 4.78 is 13.8. The van der Waals surface area contributed by atoms with Gasteiger partial charge in [0.25, 0.3) is 0 Å². The Balaban J connectivity index is 0.000000396. The van der Waals surface area contributed by atoms with E-state index in [-0.39, 0.29) is 33.4 Å². The van der Waals surface area contributed by atoms with Crippen LogP contribution in [-0.4, -0.2) is 45.3 Å². The van der Waals surface area contributed by atoms with Crippen molar-refractivity contribution < 1.29 is 19.1 Å². The Morgan fingerprint density at radius 3 is 1.45 bits per heavy atom. The normalized spacial score (nSPS) is 18.1. The minimum Gasteiger partial charge on any atom is -0.459 e. The second-order valence-electron chi connectivity index (χ2n) is 8.18. The summed E-state index contributed by atoms with van der Waals surface area (Å²) in [6, 6.07) is 0. The quantitative estimate of drug-likeness (QED) is 0.146. The van der Waals surface area contributed by atoms with Crippen LogP contribution in [0.15, 0.2) is 12.2 Å². The number of hydrogen-bond acceptors (Lipinski definition) is 4. The topological polar surface area (TPSA) is 52.6 Å². The van der Waals surface area contributed by atoms with Crippen LogP contribution in [0, 0.1) is 0 Å². The molecule has 0 aliphatic heterocycles. The standard InChI is InChI=1S/C16H24O4.2C4H9.Sn/c17-15(19-13-7-3-1-4-8-13)11-12-16(18)20-14-9-5-2-6-10-14;2*1-3-4-2;/h11-14H,1-10H2;2*1,3-4H2,2H3;. The van der Waals surface area contributed by atoms with Crippen LogP contribution in [0.5, 0.6) is 0 Å². The van der Waals surface area contributed by atoms with Gasteiger partial charge in [-0.1, -0.05) is 12.8 Å². The fraction of sp³-hybridized carbons (Fsp3) is 0.833. The van der Waals surface area contributed by atoms with Crippen LogP contribution in [0.25, 0.3) is 0 Å². The van der Waals surface area contributed by atoms with Crippen LogP contribution < -0.4 is 0 Å². The first-order valence-electron chi connectivity index (χ1n) is 12.0. The van der Waals surface area contributed by atoms with Crippen LogP contribution in [0.3, 0.4) is 0 Å². The van der Waals surface area contributed by atoms with Crippen LogP contribution in [0.2, 0.25) is 8.87 Å². The number of esters is 2. The number of carbonyl (C=O) groups is 2. The van der Waals surface area contributed by atoms with E-state index in [0.717, 1.165) is 51.4 Å². The third-order valence-corrected chi connectivity index (χ3v) is 9.48. The van der Waals surface area contributed by atoms with Crippen molar-refractivity contribution >= 4 is 33.1 Å². The first kappa shape index (κ1) is 26.5. The average Bonchev–Trinajstić information content (AvgIpc) is 2.74. The molecule has 2 fully saturated rings. The number of carbonyl (C=O) groups excluding carboxylic acids is 2. The second-order valence-corrected chi connectivity index (χ2v) is 12.5. The summed E-state index contributed by atoms with van der Waals surface area (Å²) in [6.07, 6.45) is 18.9. The summed E-state index contributed by atoms with van der Waals surface area (Å²) in [5.41, 5.74) is 0. The maximum absolute atomic E-state index is 11.6. The Morgan fingerprint density at radius 1 is 0.724 bits per heavy atom. The van der Waals surface area contributed by atoms with E-state index in [0.29, 0.717) is 0 Å². The summed E-state index contributed by atoms with van der Waals surface area (Å²) in [7, 11) is 0. The molecule has 29 heavy (non-hydrogen) atoms. The molecule has 0 amide bonds. The monoisotopic (exact) mass is 514 g/mol. The summed E-state index contributed by atoms with van der Waals surface area (Å²) in [5, 5.41) is 0. The molecule has 2 aliphatic rings. The summed E-state index contributed by atoms with van der Waals surface area (Å²) in [4.78, 5) is 23.2. The SMILES string of the molecule is CCC[CH2][Sn][CH2]CCC.O=C(C=CC(=O)OC1CCCCC1)OC1CCCCC1. The Bertz CT molecular complexity index is 412. The van der Waals surface area contributed by atoms with E-state index in [1.165, 1.54) is 50.7 Å². The average molecular weight is 513 g/mol. The first-order chi connectivity index (χ1) is 14.2. The van der Waals surface area contributed by atoms with E-state index in [2.05, 4.69) is 13.8 Å². The minimum absolute atomic E-state index is 0.0234. The van der Waals surface area contributed by atoms with Gasteiger partial charge in [0.15, 0.2) is 0 Å². The van der Waals surface area contributed by atoms with Crippen LogP contribution in [0.4, 0.5) is 0 Å². The number of hydrogen-bond donors (Lipinski definition) is 0. The van der Waals surface area contributed by atoms with Gasteiger partial charge < -0.3 is 9.47 Å². The molecule has 0 saturated heterocycles. The zero-order chi connectivity index (χ0) is 21.2. The molecule has 166 valence electrons. The maximum atomic E-state index is 11.6. The predicted octanol–water partition coefficient (Wildman–Crippen LogP) is 6.42. The molecule has 2 aliphatic carbocycles. The number of unbranched alkanes of at least 4 members (excludes halogenated alkanes) is 2. The Kier molecular flexibility index (Phi) is 16.7. The van der Waals surface area contributed by atoms with Crippen molar-refractivity contribution in [1.29, 1.82) is 0 Å². The largest absolute Gasteiger partial charge is 0.459 e. The van der Waals surface area contributed by atoms with Gasteiger partial charge in [0, 0.05) is 12.2 Å². The predicted molar refractivity (Wildman–Crippen MR) is 120 cm³/mol. The molecule has 0 aromatic heterocycles. The molecule has 0 spiro atoms. The van der Waals surface area contributed by atoms with Crippen LogP contribution in [-0.2, 0) is 19.1 Å². The van der Waals surface area contributed by atoms with E-state index in [1.807, 2.05) is 0 Å². The molecule has 0 heterocycles. The van der Waals surface area contributed by atoms with Crippen molar-refractivity contribution in [2.24, 2.45) is 0 Å². The molecule has 0 N–H and O–H groups in total. The Morgan fingerprint density at radius 2 is 1.10 bits per heavy atom. The number of ether oxygens (including phenoxy) is 2. The maximum Gasteiger partial charge on any atom is 0.331 e. The van der Waals surface area contributed by atoms with Crippen molar-refractivity contribution in [2.45, 2.75) is 125 Å². The van der Waals surface area contributed by atoms with Crippen molar-refractivity contribution in [2.75, 3.05) is 0 Å². The van der Waals surface area contributed by atoms with Gasteiger partial charge in [-0.05, 0) is 51.4 Å². The molecule has 5 heteroatoms. The van der Waals surface area contributed by atoms with Gasteiger partial charge in [-0.2, -0.15) is 0 Å². The zero-order valence-corrected chi connectivity index (χ0v) is 21.6. The molecule has 0 atom stereocenters. The van der Waals surface area contributed by atoms with Crippen molar-refractivity contribution in [3.63, 3.8) is 0 Å². The van der Waals surface area contributed by atoms with Crippen LogP contribution in [0.1, 0.15) is 104 Å². The Labute approximate surface area is 188 Å². The minimum atomic E-state index is -0.433. The molecule has 0 aromatic rings. The second kappa shape index (κ2) is 18.3. The fourth-order valence-electron chi connectivity index (χ4n) is 3.64. The summed E-state index contributed by atoms with van der Waals surface area (Å²) in [6.45, 7) is 4.58. The molecule has 0 aromatic carbocycles. The molecule has 2 rings (SSSR count). The summed E-state index contributed by atoms with van der Waals surface area (Å²) in [5.74, 6) is -0.866. The van der Waals surface area contributed by atoms with Crippen molar-refractivity contribution in [1.82, 2.24) is 0 Å². The molecule has 2 radical (unpaired) electrons. The third-order valence-electron chi connectivity index (χ3n) is 5.44. The van der Waals surface area contributed by atoms with Gasteiger partial charge >= 0.3 is 81.5 Å². The first-order valence-corrected chi connectivity index (χ1v) is 16.0. The van der Waals surface area contributed by atoms with Gasteiger partial charge in [-0.3, -0.25) is 0 Å².